The van der Waals surface area contributed by atoms with Crippen molar-refractivity contribution in [2.24, 2.45) is 0 Å². The Hall–Kier alpha value is -1.93. The fraction of sp³-hybridized carbons (Fsp3) is 0.444. The van der Waals surface area contributed by atoms with Crippen molar-refractivity contribution in [3.8, 4) is 0 Å². The van der Waals surface area contributed by atoms with E-state index in [1.54, 1.807) is 0 Å². The van der Waals surface area contributed by atoms with E-state index in [1.165, 1.54) is 12.5 Å². The molecule has 8 heteroatoms. The van der Waals surface area contributed by atoms with Crippen molar-refractivity contribution in [2.45, 2.75) is 18.5 Å². The van der Waals surface area contributed by atoms with Gasteiger partial charge in [-0.25, -0.2) is 4.98 Å². The number of nitrogens with one attached hydrogen (secondary N) is 2. The molecule has 0 aliphatic heterocycles. The molecule has 0 saturated heterocycles. The number of carboxylic acid groups (broad SMARTS) is 1. The molecule has 6 N–H and O–H groups in total. The molecule has 1 rings (SSSR count). The molecule has 1 aromatic heterocycles. The lowest BCUT2D eigenvalue weighted by molar-refractivity contribution is -0.409. The summed E-state index contributed by atoms with van der Waals surface area (Å²) in [7, 11) is 0. The van der Waals surface area contributed by atoms with Crippen LogP contribution in [-0.4, -0.2) is 45.6 Å². The molecule has 0 bridgehead atoms. The Morgan fingerprint density at radius 3 is 2.82 bits per heavy atom. The number of rotatable bonds is 6. The maximum Gasteiger partial charge on any atom is 0.281 e. The van der Waals surface area contributed by atoms with Gasteiger partial charge < -0.3 is 31.0 Å². The summed E-state index contributed by atoms with van der Waals surface area (Å²) in [5, 5.41) is 21.8. The number of hydrogen-bond donors (Lipinski definition) is 4. The first kappa shape index (κ1) is 13.1. The Balaban J connectivity index is 2.61. The number of aliphatic hydroxyl groups is 1. The summed E-state index contributed by atoms with van der Waals surface area (Å²) < 4.78 is 0. The molecule has 0 fully saturated rings. The highest BCUT2D eigenvalue weighted by Crippen LogP contribution is 1.98. The van der Waals surface area contributed by atoms with Crippen LogP contribution in [0.1, 0.15) is 5.69 Å². The lowest BCUT2D eigenvalue weighted by Crippen LogP contribution is -2.70. The van der Waals surface area contributed by atoms with Crippen molar-refractivity contribution in [3.05, 3.63) is 18.2 Å². The molecule has 8 nitrogen and oxygen atoms in total. The van der Waals surface area contributed by atoms with Gasteiger partial charge in [-0.15, -0.1) is 0 Å². The summed E-state index contributed by atoms with van der Waals surface area (Å²) >= 11 is 0. The fourth-order valence-electron chi connectivity index (χ4n) is 1.18. The molecule has 0 radical (unpaired) electrons. The second-order valence-electron chi connectivity index (χ2n) is 3.54. The zero-order valence-corrected chi connectivity index (χ0v) is 9.05. The fourth-order valence-corrected chi connectivity index (χ4v) is 1.18. The molecule has 0 spiro atoms. The van der Waals surface area contributed by atoms with Gasteiger partial charge in [0.05, 0.1) is 18.3 Å². The number of amides is 1. The van der Waals surface area contributed by atoms with Crippen LogP contribution in [-0.2, 0) is 16.0 Å². The monoisotopic (exact) mass is 242 g/mol. The number of imidazole rings is 1. The third-order valence-electron chi connectivity index (χ3n) is 2.17. The minimum atomic E-state index is -1.40. The molecule has 94 valence electrons. The molecule has 0 unspecified atom stereocenters. The van der Waals surface area contributed by atoms with E-state index in [4.69, 9.17) is 5.11 Å². The van der Waals surface area contributed by atoms with Crippen molar-refractivity contribution < 1.29 is 25.5 Å². The standard InChI is InChI=1S/C9H14N4O4/c10-6(3-14)8(15)13-7(9(16)17)1-5-2-11-4-12-5/h2,4,6-7,14H,1,3,10H2,(H,11,12)(H,13,15)(H,16,17)/t6-,7-/m0/s1. The Morgan fingerprint density at radius 1 is 1.65 bits per heavy atom. The van der Waals surface area contributed by atoms with E-state index in [0.29, 0.717) is 5.69 Å². The number of carbonyl (C=O) groups is 2. The molecule has 1 aromatic rings. The van der Waals surface area contributed by atoms with Gasteiger partial charge in [0.2, 0.25) is 0 Å². The molecule has 0 aliphatic carbocycles. The van der Waals surface area contributed by atoms with Crippen molar-refractivity contribution in [1.82, 2.24) is 15.3 Å². The summed E-state index contributed by atoms with van der Waals surface area (Å²) in [5.74, 6) is -2.04. The number of aliphatic carboxylic acids is 1. The topological polar surface area (TPSA) is 146 Å². The predicted molar refractivity (Wildman–Crippen MR) is 53.0 cm³/mol. The largest absolute Gasteiger partial charge is 0.548 e. The maximum atomic E-state index is 11.4. The van der Waals surface area contributed by atoms with Gasteiger partial charge in [0, 0.05) is 18.3 Å². The quantitative estimate of drug-likeness (QED) is 0.399. The highest BCUT2D eigenvalue weighted by atomic mass is 16.4. The summed E-state index contributed by atoms with van der Waals surface area (Å²) in [6.45, 7) is -0.449. The van der Waals surface area contributed by atoms with Gasteiger partial charge >= 0.3 is 0 Å². The summed E-state index contributed by atoms with van der Waals surface area (Å²) in [6.07, 6.45) is 2.89. The zero-order chi connectivity index (χ0) is 12.8. The first-order valence-electron chi connectivity index (χ1n) is 4.97. The SMILES string of the molecule is [NH3+][C@@H](CO)C(=O)N[C@@H](Cc1cnc[nH]1)C(=O)[O-]. The van der Waals surface area contributed by atoms with Crippen LogP contribution < -0.4 is 16.2 Å². The molecule has 2 atom stereocenters. The van der Waals surface area contributed by atoms with Gasteiger partial charge in [-0.1, -0.05) is 0 Å². The van der Waals surface area contributed by atoms with Gasteiger partial charge in [-0.2, -0.15) is 0 Å². The van der Waals surface area contributed by atoms with Crippen molar-refractivity contribution >= 4 is 11.9 Å². The molecular formula is C9H14N4O4. The smallest absolute Gasteiger partial charge is 0.281 e. The van der Waals surface area contributed by atoms with Crippen LogP contribution in [0.2, 0.25) is 0 Å². The van der Waals surface area contributed by atoms with E-state index in [2.05, 4.69) is 21.0 Å². The molecule has 0 aliphatic rings. The van der Waals surface area contributed by atoms with Gasteiger partial charge in [0.15, 0.2) is 6.04 Å². The normalized spacial score (nSPS) is 14.0. The number of nitrogens with zero attached hydrogens (tertiary/aromatic N) is 1. The molecule has 1 amide bonds. The number of carboxylic acids is 1. The van der Waals surface area contributed by atoms with Crippen LogP contribution in [0.5, 0.6) is 0 Å². The van der Waals surface area contributed by atoms with Crippen LogP contribution in [0.4, 0.5) is 0 Å². The number of aromatic nitrogens is 2. The van der Waals surface area contributed by atoms with Gasteiger partial charge in [0.25, 0.3) is 5.91 Å². The summed E-state index contributed by atoms with van der Waals surface area (Å²) in [6, 6.07) is -2.09. The third-order valence-corrected chi connectivity index (χ3v) is 2.17. The summed E-state index contributed by atoms with van der Waals surface area (Å²) in [5.41, 5.74) is 3.93. The number of aromatic amines is 1. The second kappa shape index (κ2) is 5.97. The van der Waals surface area contributed by atoms with E-state index in [1.807, 2.05) is 0 Å². The average Bonchev–Trinajstić information content (AvgIpc) is 2.79. The molecular weight excluding hydrogens is 228 g/mol. The molecule has 0 saturated carbocycles. The summed E-state index contributed by atoms with van der Waals surface area (Å²) in [4.78, 5) is 28.6. The van der Waals surface area contributed by atoms with Gasteiger partial charge in [0.1, 0.15) is 6.61 Å². The Bertz CT molecular complexity index is 378. The van der Waals surface area contributed by atoms with Crippen LogP contribution in [0, 0.1) is 0 Å². The van der Waals surface area contributed by atoms with Crippen LogP contribution in [0.15, 0.2) is 12.5 Å². The van der Waals surface area contributed by atoms with E-state index in [9.17, 15) is 14.7 Å². The van der Waals surface area contributed by atoms with E-state index in [0.717, 1.165) is 0 Å². The lowest BCUT2D eigenvalue weighted by Gasteiger charge is -2.19. The highest BCUT2D eigenvalue weighted by molar-refractivity contribution is 5.85. The van der Waals surface area contributed by atoms with Crippen LogP contribution >= 0.6 is 0 Å². The number of hydrogen-bond acceptors (Lipinski definition) is 5. The van der Waals surface area contributed by atoms with Crippen LogP contribution in [0.3, 0.4) is 0 Å². The van der Waals surface area contributed by atoms with Crippen molar-refractivity contribution in [2.75, 3.05) is 6.61 Å². The Morgan fingerprint density at radius 2 is 2.35 bits per heavy atom. The first-order valence-corrected chi connectivity index (χ1v) is 4.97. The lowest BCUT2D eigenvalue weighted by atomic mass is 10.1. The minimum absolute atomic E-state index is 0.0340. The van der Waals surface area contributed by atoms with Crippen molar-refractivity contribution in [3.63, 3.8) is 0 Å². The maximum absolute atomic E-state index is 11.4. The van der Waals surface area contributed by atoms with Crippen molar-refractivity contribution in [1.29, 1.82) is 0 Å². The second-order valence-corrected chi connectivity index (χ2v) is 3.54. The Kier molecular flexibility index (Phi) is 4.61. The van der Waals surface area contributed by atoms with E-state index >= 15 is 0 Å². The third kappa shape index (κ3) is 3.85. The zero-order valence-electron chi connectivity index (χ0n) is 9.05. The predicted octanol–water partition coefficient (Wildman–Crippen LogP) is -4.21. The average molecular weight is 242 g/mol. The number of quaternary nitrogens is 1. The van der Waals surface area contributed by atoms with E-state index < -0.39 is 30.6 Å². The minimum Gasteiger partial charge on any atom is -0.548 e. The van der Waals surface area contributed by atoms with Gasteiger partial charge in [-0.05, 0) is 0 Å². The number of carbonyl (C=O) groups excluding carboxylic acids is 2. The highest BCUT2D eigenvalue weighted by Gasteiger charge is 2.21. The Labute approximate surface area is 96.9 Å². The molecule has 17 heavy (non-hydrogen) atoms. The van der Waals surface area contributed by atoms with Gasteiger partial charge in [-0.3, -0.25) is 4.79 Å². The number of H-pyrrole nitrogens is 1. The molecule has 0 aromatic carbocycles. The van der Waals surface area contributed by atoms with Crippen LogP contribution in [0.25, 0.3) is 0 Å². The first-order chi connectivity index (χ1) is 8.04. The molecule has 1 heterocycles. The number of aliphatic hydroxyl groups excluding tert-OH is 1. The van der Waals surface area contributed by atoms with E-state index in [-0.39, 0.29) is 6.42 Å².